The van der Waals surface area contributed by atoms with Gasteiger partial charge in [-0.1, -0.05) is 30.3 Å². The summed E-state index contributed by atoms with van der Waals surface area (Å²) in [6.45, 7) is 1.98. The van der Waals surface area contributed by atoms with Crippen LogP contribution in [0.5, 0.6) is 0 Å². The van der Waals surface area contributed by atoms with Gasteiger partial charge < -0.3 is 0 Å². The summed E-state index contributed by atoms with van der Waals surface area (Å²) < 4.78 is 23.1. The Balaban J connectivity index is 2.96. The first kappa shape index (κ1) is 10.2. The number of aryl methyl sites for hydroxylation is 1. The number of benzene rings is 2. The van der Waals surface area contributed by atoms with E-state index in [-0.39, 0.29) is 0 Å². The fraction of sp³-hybridized carbons (Fsp3) is 0.167. The van der Waals surface area contributed by atoms with Crippen LogP contribution in [0, 0.1) is 6.92 Å². The average molecular weight is 220 g/mol. The minimum Gasteiger partial charge on any atom is -0.224 e. The zero-order valence-electron chi connectivity index (χ0n) is 8.69. The van der Waals surface area contributed by atoms with Crippen LogP contribution in [-0.4, -0.2) is 14.7 Å². The summed E-state index contributed by atoms with van der Waals surface area (Å²) in [7, 11) is -3.15. The Bertz CT molecular complexity index is 613. The lowest BCUT2D eigenvalue weighted by atomic mass is 10.1. The molecular formula is C12H12O2S. The van der Waals surface area contributed by atoms with Crippen LogP contribution >= 0.6 is 0 Å². The van der Waals surface area contributed by atoms with E-state index in [1.165, 1.54) is 6.26 Å². The van der Waals surface area contributed by atoms with Crippen molar-refractivity contribution < 1.29 is 8.42 Å². The average Bonchev–Trinajstić information content (AvgIpc) is 2.16. The summed E-state index contributed by atoms with van der Waals surface area (Å²) in [4.78, 5) is 0.406. The molecule has 15 heavy (non-hydrogen) atoms. The molecule has 0 heterocycles. The van der Waals surface area contributed by atoms with Crippen molar-refractivity contribution in [1.29, 1.82) is 0 Å². The normalized spacial score (nSPS) is 11.9. The molecule has 0 saturated carbocycles. The molecule has 0 saturated heterocycles. The van der Waals surface area contributed by atoms with Crippen molar-refractivity contribution in [3.8, 4) is 0 Å². The molecule has 0 aromatic heterocycles. The van der Waals surface area contributed by atoms with Gasteiger partial charge in [0.1, 0.15) is 0 Å². The topological polar surface area (TPSA) is 34.1 Å². The van der Waals surface area contributed by atoms with E-state index in [1.54, 1.807) is 12.1 Å². The maximum absolute atomic E-state index is 11.6. The predicted molar refractivity (Wildman–Crippen MR) is 61.8 cm³/mol. The van der Waals surface area contributed by atoms with Gasteiger partial charge in [-0.15, -0.1) is 0 Å². The van der Waals surface area contributed by atoms with Crippen LogP contribution in [0.15, 0.2) is 41.3 Å². The smallest absolute Gasteiger partial charge is 0.176 e. The van der Waals surface area contributed by atoms with Crippen molar-refractivity contribution in [1.82, 2.24) is 0 Å². The van der Waals surface area contributed by atoms with Crippen molar-refractivity contribution in [3.63, 3.8) is 0 Å². The summed E-state index contributed by atoms with van der Waals surface area (Å²) in [5, 5.41) is 1.81. The van der Waals surface area contributed by atoms with Crippen molar-refractivity contribution in [3.05, 3.63) is 42.0 Å². The summed E-state index contributed by atoms with van der Waals surface area (Å²) in [6.07, 6.45) is 1.24. The molecule has 0 aliphatic carbocycles. The molecule has 0 aliphatic heterocycles. The van der Waals surface area contributed by atoms with Crippen LogP contribution in [0.4, 0.5) is 0 Å². The largest absolute Gasteiger partial charge is 0.224 e. The molecule has 0 amide bonds. The summed E-state index contributed by atoms with van der Waals surface area (Å²) in [5.74, 6) is 0. The lowest BCUT2D eigenvalue weighted by molar-refractivity contribution is 0.602. The van der Waals surface area contributed by atoms with Crippen LogP contribution in [0.25, 0.3) is 10.8 Å². The van der Waals surface area contributed by atoms with E-state index in [9.17, 15) is 8.42 Å². The first-order valence-corrected chi connectivity index (χ1v) is 6.58. The molecule has 0 N–H and O–H groups in total. The van der Waals surface area contributed by atoms with E-state index in [0.717, 1.165) is 16.3 Å². The van der Waals surface area contributed by atoms with Crippen LogP contribution in [0.2, 0.25) is 0 Å². The van der Waals surface area contributed by atoms with Gasteiger partial charge in [0.15, 0.2) is 9.84 Å². The fourth-order valence-electron chi connectivity index (χ4n) is 1.76. The molecule has 0 fully saturated rings. The second-order valence-electron chi connectivity index (χ2n) is 3.70. The Labute approximate surface area is 89.5 Å². The van der Waals surface area contributed by atoms with Crippen LogP contribution in [-0.2, 0) is 9.84 Å². The molecule has 2 aromatic carbocycles. The van der Waals surface area contributed by atoms with Gasteiger partial charge in [0, 0.05) is 11.6 Å². The molecule has 0 bridgehead atoms. The third-order valence-electron chi connectivity index (χ3n) is 2.50. The highest BCUT2D eigenvalue weighted by molar-refractivity contribution is 7.91. The number of rotatable bonds is 1. The van der Waals surface area contributed by atoms with Gasteiger partial charge in [0.2, 0.25) is 0 Å². The molecule has 78 valence electrons. The third-order valence-corrected chi connectivity index (χ3v) is 3.65. The standard InChI is InChI=1S/C12H12O2S/c1-9-5-3-7-11-10(9)6-4-8-12(11)15(2,13)14/h3-8H,1-2H3. The molecule has 2 nitrogen and oxygen atoms in total. The van der Waals surface area contributed by atoms with E-state index >= 15 is 0 Å². The Morgan fingerprint density at radius 3 is 2.20 bits per heavy atom. The number of hydrogen-bond donors (Lipinski definition) is 0. The predicted octanol–water partition coefficient (Wildman–Crippen LogP) is 2.55. The Morgan fingerprint density at radius 1 is 0.933 bits per heavy atom. The Morgan fingerprint density at radius 2 is 1.53 bits per heavy atom. The van der Waals surface area contributed by atoms with Crippen molar-refractivity contribution in [2.24, 2.45) is 0 Å². The fourth-order valence-corrected chi connectivity index (χ4v) is 2.66. The zero-order chi connectivity index (χ0) is 11.1. The van der Waals surface area contributed by atoms with E-state index in [1.807, 2.05) is 31.2 Å². The second-order valence-corrected chi connectivity index (χ2v) is 5.68. The van der Waals surface area contributed by atoms with Gasteiger partial charge in [-0.05, 0) is 23.9 Å². The molecule has 2 aromatic rings. The van der Waals surface area contributed by atoms with Gasteiger partial charge in [0.25, 0.3) is 0 Å². The van der Waals surface area contributed by atoms with E-state index in [4.69, 9.17) is 0 Å². The van der Waals surface area contributed by atoms with Crippen LogP contribution < -0.4 is 0 Å². The minimum absolute atomic E-state index is 0.406. The maximum atomic E-state index is 11.6. The number of hydrogen-bond acceptors (Lipinski definition) is 2. The maximum Gasteiger partial charge on any atom is 0.176 e. The SMILES string of the molecule is Cc1cccc2c(S(C)(=O)=O)cccc12. The molecule has 0 radical (unpaired) electrons. The molecule has 0 spiro atoms. The lowest BCUT2D eigenvalue weighted by Crippen LogP contribution is -1.98. The van der Waals surface area contributed by atoms with Gasteiger partial charge in [-0.25, -0.2) is 8.42 Å². The molecule has 0 aliphatic rings. The molecule has 0 unspecified atom stereocenters. The monoisotopic (exact) mass is 220 g/mol. The second kappa shape index (κ2) is 3.35. The van der Waals surface area contributed by atoms with Crippen molar-refractivity contribution in [2.45, 2.75) is 11.8 Å². The van der Waals surface area contributed by atoms with Crippen molar-refractivity contribution >= 4 is 20.6 Å². The Kier molecular flexibility index (Phi) is 2.27. The first-order valence-electron chi connectivity index (χ1n) is 4.68. The summed E-state index contributed by atoms with van der Waals surface area (Å²) in [5.41, 5.74) is 1.10. The highest BCUT2D eigenvalue weighted by Gasteiger charge is 2.11. The highest BCUT2D eigenvalue weighted by Crippen LogP contribution is 2.24. The number of fused-ring (bicyclic) bond motifs is 1. The van der Waals surface area contributed by atoms with Gasteiger partial charge in [0.05, 0.1) is 4.90 Å². The van der Waals surface area contributed by atoms with E-state index < -0.39 is 9.84 Å². The van der Waals surface area contributed by atoms with Crippen LogP contribution in [0.3, 0.4) is 0 Å². The van der Waals surface area contributed by atoms with Gasteiger partial charge in [-0.3, -0.25) is 0 Å². The lowest BCUT2D eigenvalue weighted by Gasteiger charge is -2.06. The molecule has 0 atom stereocenters. The van der Waals surface area contributed by atoms with Gasteiger partial charge >= 0.3 is 0 Å². The molecular weight excluding hydrogens is 208 g/mol. The quantitative estimate of drug-likeness (QED) is 0.740. The zero-order valence-corrected chi connectivity index (χ0v) is 9.51. The third kappa shape index (κ3) is 1.75. The highest BCUT2D eigenvalue weighted by atomic mass is 32.2. The minimum atomic E-state index is -3.15. The van der Waals surface area contributed by atoms with Gasteiger partial charge in [-0.2, -0.15) is 0 Å². The van der Waals surface area contributed by atoms with Crippen LogP contribution in [0.1, 0.15) is 5.56 Å². The van der Waals surface area contributed by atoms with E-state index in [2.05, 4.69) is 0 Å². The summed E-state index contributed by atoms with van der Waals surface area (Å²) in [6, 6.07) is 11.1. The summed E-state index contributed by atoms with van der Waals surface area (Å²) >= 11 is 0. The molecule has 2 rings (SSSR count). The van der Waals surface area contributed by atoms with E-state index in [0.29, 0.717) is 4.90 Å². The van der Waals surface area contributed by atoms with Crippen molar-refractivity contribution in [2.75, 3.05) is 6.26 Å². The Hall–Kier alpha value is -1.35. The first-order chi connectivity index (χ1) is 7.00. The number of sulfone groups is 1. The molecule has 3 heteroatoms.